The van der Waals surface area contributed by atoms with E-state index < -0.39 is 5.91 Å². The zero-order valence-corrected chi connectivity index (χ0v) is 13.2. The number of carbonyl (C=O) groups is 2. The molecule has 0 aromatic heterocycles. The van der Waals surface area contributed by atoms with Gasteiger partial charge in [-0.3, -0.25) is 9.59 Å². The lowest BCUT2D eigenvalue weighted by Gasteiger charge is -2.04. The summed E-state index contributed by atoms with van der Waals surface area (Å²) < 4.78 is 10.1. The van der Waals surface area contributed by atoms with E-state index in [0.29, 0.717) is 17.0 Å². The third-order valence-electron chi connectivity index (χ3n) is 3.09. The van der Waals surface area contributed by atoms with E-state index in [1.165, 1.54) is 6.08 Å². The van der Waals surface area contributed by atoms with Gasteiger partial charge in [-0.2, -0.15) is 0 Å². The minimum absolute atomic E-state index is 0.187. The van der Waals surface area contributed by atoms with Gasteiger partial charge in [-0.25, -0.2) is 0 Å². The quantitative estimate of drug-likeness (QED) is 0.604. The number of primary amides is 1. The molecule has 3 N–H and O–H groups in total. The molecule has 0 heterocycles. The molecule has 2 rings (SSSR count). The Bertz CT molecular complexity index is 722. The molecular formula is C18H18N2O4. The van der Waals surface area contributed by atoms with Crippen LogP contribution in [-0.4, -0.2) is 25.7 Å². The minimum Gasteiger partial charge on any atom is -0.468 e. The molecule has 0 spiro atoms. The van der Waals surface area contributed by atoms with Crippen molar-refractivity contribution in [2.45, 2.75) is 0 Å². The Kier molecular flexibility index (Phi) is 6.10. The molecule has 124 valence electrons. The number of amides is 2. The Labute approximate surface area is 139 Å². The van der Waals surface area contributed by atoms with Crippen molar-refractivity contribution in [1.29, 1.82) is 0 Å². The van der Waals surface area contributed by atoms with Gasteiger partial charge < -0.3 is 20.5 Å². The monoisotopic (exact) mass is 326 g/mol. The molecule has 0 radical (unpaired) electrons. The summed E-state index contributed by atoms with van der Waals surface area (Å²) in [5, 5.41) is 2.70. The van der Waals surface area contributed by atoms with Crippen LogP contribution >= 0.6 is 0 Å². The minimum atomic E-state index is -0.509. The van der Waals surface area contributed by atoms with Crippen molar-refractivity contribution in [3.63, 3.8) is 0 Å². The van der Waals surface area contributed by atoms with Gasteiger partial charge in [0.1, 0.15) is 5.75 Å². The highest BCUT2D eigenvalue weighted by atomic mass is 16.7. The van der Waals surface area contributed by atoms with Crippen molar-refractivity contribution >= 4 is 23.6 Å². The van der Waals surface area contributed by atoms with Crippen LogP contribution < -0.4 is 15.8 Å². The zero-order chi connectivity index (χ0) is 17.4. The second-order valence-electron chi connectivity index (χ2n) is 4.88. The molecule has 6 nitrogen and oxygen atoms in total. The maximum Gasteiger partial charge on any atom is 0.248 e. The largest absolute Gasteiger partial charge is 0.468 e. The molecule has 0 saturated heterocycles. The van der Waals surface area contributed by atoms with Crippen LogP contribution in [0.4, 0.5) is 5.69 Å². The van der Waals surface area contributed by atoms with Gasteiger partial charge in [0.25, 0.3) is 0 Å². The Morgan fingerprint density at radius 1 is 1.08 bits per heavy atom. The maximum absolute atomic E-state index is 11.9. The normalized spacial score (nSPS) is 10.5. The van der Waals surface area contributed by atoms with E-state index >= 15 is 0 Å². The van der Waals surface area contributed by atoms with E-state index in [1.54, 1.807) is 49.6 Å². The van der Waals surface area contributed by atoms with Crippen molar-refractivity contribution in [3.05, 3.63) is 65.7 Å². The van der Waals surface area contributed by atoms with Crippen molar-refractivity contribution < 1.29 is 19.1 Å². The number of nitrogens with two attached hydrogens (primary N) is 1. The Balaban J connectivity index is 1.91. The fourth-order valence-electron chi connectivity index (χ4n) is 1.88. The van der Waals surface area contributed by atoms with Crippen LogP contribution in [0.1, 0.15) is 15.9 Å². The van der Waals surface area contributed by atoms with Gasteiger partial charge in [0.05, 0.1) is 0 Å². The van der Waals surface area contributed by atoms with E-state index in [9.17, 15) is 9.59 Å². The van der Waals surface area contributed by atoms with Gasteiger partial charge in [0.15, 0.2) is 6.79 Å². The molecule has 0 bridgehead atoms. The molecule has 2 aromatic carbocycles. The SMILES string of the molecule is COCOc1ccc(/C=C/C(=O)Nc2ccc(C(N)=O)cc2)cc1. The number of hydrogen-bond acceptors (Lipinski definition) is 4. The number of ether oxygens (including phenoxy) is 2. The molecule has 24 heavy (non-hydrogen) atoms. The van der Waals surface area contributed by atoms with Gasteiger partial charge in [-0.1, -0.05) is 12.1 Å². The van der Waals surface area contributed by atoms with Crippen molar-refractivity contribution in [2.75, 3.05) is 19.2 Å². The van der Waals surface area contributed by atoms with Crippen LogP contribution in [0, 0.1) is 0 Å². The highest BCUT2D eigenvalue weighted by Gasteiger charge is 2.01. The lowest BCUT2D eigenvalue weighted by molar-refractivity contribution is -0.111. The molecule has 0 atom stereocenters. The average Bonchev–Trinajstić information content (AvgIpc) is 2.59. The van der Waals surface area contributed by atoms with Crippen molar-refractivity contribution in [3.8, 4) is 5.75 Å². The Morgan fingerprint density at radius 2 is 1.75 bits per heavy atom. The number of hydrogen-bond donors (Lipinski definition) is 2. The second-order valence-corrected chi connectivity index (χ2v) is 4.88. The lowest BCUT2D eigenvalue weighted by Crippen LogP contribution is -2.11. The molecule has 2 aromatic rings. The molecule has 0 saturated carbocycles. The molecule has 0 fully saturated rings. The Morgan fingerprint density at radius 3 is 2.33 bits per heavy atom. The number of nitrogens with one attached hydrogen (secondary N) is 1. The molecule has 0 unspecified atom stereocenters. The predicted octanol–water partition coefficient (Wildman–Crippen LogP) is 2.42. The Hall–Kier alpha value is -3.12. The standard InChI is InChI=1S/C18H18N2O4/c1-23-12-24-16-9-2-13(3-10-16)4-11-17(21)20-15-7-5-14(6-8-15)18(19)22/h2-11H,12H2,1H3,(H2,19,22)(H,20,21)/b11-4+. The first kappa shape index (κ1) is 17.2. The van der Waals surface area contributed by atoms with Crippen LogP contribution in [0.25, 0.3) is 6.08 Å². The number of benzene rings is 2. The summed E-state index contributed by atoms with van der Waals surface area (Å²) in [6, 6.07) is 13.6. The fourth-order valence-corrected chi connectivity index (χ4v) is 1.88. The van der Waals surface area contributed by atoms with Gasteiger partial charge in [-0.15, -0.1) is 0 Å². The fraction of sp³-hybridized carbons (Fsp3) is 0.111. The predicted molar refractivity (Wildman–Crippen MR) is 91.6 cm³/mol. The van der Waals surface area contributed by atoms with Gasteiger partial charge >= 0.3 is 0 Å². The molecule has 0 aliphatic rings. The summed E-state index contributed by atoms with van der Waals surface area (Å²) in [6.07, 6.45) is 3.11. The van der Waals surface area contributed by atoms with Crippen molar-refractivity contribution in [2.24, 2.45) is 5.73 Å². The zero-order valence-electron chi connectivity index (χ0n) is 13.2. The van der Waals surface area contributed by atoms with Crippen LogP contribution in [0.3, 0.4) is 0 Å². The first-order valence-corrected chi connectivity index (χ1v) is 7.19. The first-order valence-electron chi connectivity index (χ1n) is 7.19. The summed E-state index contributed by atoms with van der Waals surface area (Å²) >= 11 is 0. The first-order chi connectivity index (χ1) is 11.6. The molecule has 0 aliphatic heterocycles. The van der Waals surface area contributed by atoms with E-state index in [-0.39, 0.29) is 12.7 Å². The number of rotatable bonds is 7. The molecule has 6 heteroatoms. The summed E-state index contributed by atoms with van der Waals surface area (Å²) in [6.45, 7) is 0.187. The van der Waals surface area contributed by atoms with Crippen LogP contribution in [0.2, 0.25) is 0 Å². The average molecular weight is 326 g/mol. The summed E-state index contributed by atoms with van der Waals surface area (Å²) in [7, 11) is 1.55. The number of carbonyl (C=O) groups excluding carboxylic acids is 2. The van der Waals surface area contributed by atoms with Gasteiger partial charge in [0, 0.05) is 24.4 Å². The third-order valence-corrected chi connectivity index (χ3v) is 3.09. The van der Waals surface area contributed by atoms with Crippen LogP contribution in [0.15, 0.2) is 54.6 Å². The number of methoxy groups -OCH3 is 1. The number of anilines is 1. The second kappa shape index (κ2) is 8.50. The lowest BCUT2D eigenvalue weighted by atomic mass is 10.2. The van der Waals surface area contributed by atoms with E-state index in [0.717, 1.165) is 5.56 Å². The molecule has 0 aliphatic carbocycles. The maximum atomic E-state index is 11.9. The van der Waals surface area contributed by atoms with E-state index in [4.69, 9.17) is 15.2 Å². The third kappa shape index (κ3) is 5.26. The van der Waals surface area contributed by atoms with Gasteiger partial charge in [0.2, 0.25) is 11.8 Å². The van der Waals surface area contributed by atoms with Crippen LogP contribution in [0.5, 0.6) is 5.75 Å². The topological polar surface area (TPSA) is 90.7 Å². The van der Waals surface area contributed by atoms with E-state index in [1.807, 2.05) is 12.1 Å². The summed E-state index contributed by atoms with van der Waals surface area (Å²) in [4.78, 5) is 22.9. The molecule has 2 amide bonds. The van der Waals surface area contributed by atoms with Crippen LogP contribution in [-0.2, 0) is 9.53 Å². The summed E-state index contributed by atoms with van der Waals surface area (Å²) in [5.74, 6) is -0.0970. The smallest absolute Gasteiger partial charge is 0.248 e. The molecular weight excluding hydrogens is 308 g/mol. The van der Waals surface area contributed by atoms with Crippen molar-refractivity contribution in [1.82, 2.24) is 0 Å². The van der Waals surface area contributed by atoms with Gasteiger partial charge in [-0.05, 0) is 48.0 Å². The summed E-state index contributed by atoms with van der Waals surface area (Å²) in [5.41, 5.74) is 6.99. The highest BCUT2D eigenvalue weighted by Crippen LogP contribution is 2.13. The van der Waals surface area contributed by atoms with E-state index in [2.05, 4.69) is 5.32 Å². The highest BCUT2D eigenvalue weighted by molar-refractivity contribution is 6.02.